The van der Waals surface area contributed by atoms with E-state index >= 15 is 0 Å². The molecule has 0 unspecified atom stereocenters. The lowest BCUT2D eigenvalue weighted by Crippen LogP contribution is -1.93. The molecule has 2 N–H and O–H groups in total. The Morgan fingerprint density at radius 1 is 1.35 bits per heavy atom. The van der Waals surface area contributed by atoms with Crippen LogP contribution in [-0.4, -0.2) is 23.2 Å². The van der Waals surface area contributed by atoms with Crippen molar-refractivity contribution in [1.82, 2.24) is 4.98 Å². The molecule has 0 aliphatic carbocycles. The molecule has 3 aromatic rings. The molecule has 1 aromatic carbocycles. The Bertz CT molecular complexity index is 747. The maximum Gasteiger partial charge on any atom is 0.345 e. The number of ether oxygens (including phenoxy) is 1. The maximum absolute atomic E-state index is 10.9. The van der Waals surface area contributed by atoms with Gasteiger partial charge in [0, 0.05) is 0 Å². The number of nitrogens with zero attached hydrogens (tertiary/aromatic N) is 1. The molecular formula is C13H10N2O3S2. The molecule has 0 aliphatic heterocycles. The molecule has 0 atom stereocenters. The summed E-state index contributed by atoms with van der Waals surface area (Å²) in [4.78, 5) is 16.3. The first-order valence-corrected chi connectivity index (χ1v) is 7.34. The zero-order valence-electron chi connectivity index (χ0n) is 10.4. The van der Waals surface area contributed by atoms with E-state index in [1.807, 2.05) is 24.3 Å². The minimum atomic E-state index is -0.917. The summed E-state index contributed by atoms with van der Waals surface area (Å²) in [6, 6.07) is 9.21. The lowest BCUT2D eigenvalue weighted by Gasteiger charge is -2.07. The smallest absolute Gasteiger partial charge is 0.345 e. The molecule has 0 aliphatic rings. The number of thiazole rings is 1. The second kappa shape index (κ2) is 5.10. The highest BCUT2D eigenvalue weighted by Gasteiger charge is 2.13. The van der Waals surface area contributed by atoms with Crippen molar-refractivity contribution in [3.63, 3.8) is 0 Å². The summed E-state index contributed by atoms with van der Waals surface area (Å²) >= 11 is 2.59. The standard InChI is InChI=1S/C13H10N2O3S2/c1-18-8-5-3-2-4-7(8)14-13-15-11-9(20-13)6-10(19-11)12(16)17/h2-6H,1H3,(H,14,15)(H,16,17). The Balaban J connectivity index is 1.91. The Labute approximate surface area is 122 Å². The number of carbonyl (C=O) groups is 1. The van der Waals surface area contributed by atoms with E-state index in [0.717, 1.165) is 21.0 Å². The molecule has 0 saturated carbocycles. The first-order valence-electron chi connectivity index (χ1n) is 5.71. The SMILES string of the molecule is COc1ccccc1Nc1nc2sc(C(=O)O)cc2s1. The number of carboxylic acids is 1. The monoisotopic (exact) mass is 306 g/mol. The summed E-state index contributed by atoms with van der Waals surface area (Å²) in [7, 11) is 1.61. The molecule has 7 heteroatoms. The highest BCUT2D eigenvalue weighted by Crippen LogP contribution is 2.35. The highest BCUT2D eigenvalue weighted by molar-refractivity contribution is 7.29. The number of carboxylic acid groups (broad SMARTS) is 1. The average molecular weight is 306 g/mol. The number of anilines is 2. The lowest BCUT2D eigenvalue weighted by molar-refractivity contribution is 0.0702. The third-order valence-corrected chi connectivity index (χ3v) is 4.71. The van der Waals surface area contributed by atoms with Crippen LogP contribution in [0.25, 0.3) is 9.53 Å². The van der Waals surface area contributed by atoms with Gasteiger partial charge in [0.05, 0.1) is 17.5 Å². The van der Waals surface area contributed by atoms with E-state index in [-0.39, 0.29) is 0 Å². The minimum absolute atomic E-state index is 0.308. The predicted molar refractivity (Wildman–Crippen MR) is 80.7 cm³/mol. The summed E-state index contributed by atoms with van der Waals surface area (Å²) in [6.45, 7) is 0. The number of fused-ring (bicyclic) bond motifs is 1. The number of thiophene rings is 1. The van der Waals surface area contributed by atoms with Gasteiger partial charge in [-0.3, -0.25) is 0 Å². The summed E-state index contributed by atoms with van der Waals surface area (Å²) in [5, 5.41) is 12.8. The molecule has 0 amide bonds. The molecular weight excluding hydrogens is 296 g/mol. The van der Waals surface area contributed by atoms with Crippen LogP contribution in [0.5, 0.6) is 5.75 Å². The number of para-hydroxylation sites is 2. The Morgan fingerprint density at radius 2 is 2.15 bits per heavy atom. The Kier molecular flexibility index (Phi) is 3.29. The van der Waals surface area contributed by atoms with Crippen molar-refractivity contribution in [1.29, 1.82) is 0 Å². The van der Waals surface area contributed by atoms with Gasteiger partial charge >= 0.3 is 5.97 Å². The Morgan fingerprint density at radius 3 is 2.85 bits per heavy atom. The van der Waals surface area contributed by atoms with E-state index in [9.17, 15) is 4.79 Å². The van der Waals surface area contributed by atoms with E-state index in [1.54, 1.807) is 13.2 Å². The molecule has 0 bridgehead atoms. The van der Waals surface area contributed by atoms with Gasteiger partial charge in [0.1, 0.15) is 15.5 Å². The maximum atomic E-state index is 10.9. The number of hydrogen-bond acceptors (Lipinski definition) is 6. The van der Waals surface area contributed by atoms with Gasteiger partial charge in [-0.15, -0.1) is 11.3 Å². The molecule has 3 rings (SSSR count). The number of nitrogens with one attached hydrogen (secondary N) is 1. The van der Waals surface area contributed by atoms with Crippen LogP contribution >= 0.6 is 22.7 Å². The van der Waals surface area contributed by atoms with E-state index in [1.165, 1.54) is 22.7 Å². The largest absolute Gasteiger partial charge is 0.495 e. The normalized spacial score (nSPS) is 10.7. The summed E-state index contributed by atoms with van der Waals surface area (Å²) < 4.78 is 6.13. The fourth-order valence-corrected chi connectivity index (χ4v) is 3.72. The van der Waals surface area contributed by atoms with Crippen LogP contribution < -0.4 is 10.1 Å². The number of methoxy groups -OCH3 is 1. The van der Waals surface area contributed by atoms with Crippen LogP contribution in [-0.2, 0) is 0 Å². The molecule has 102 valence electrons. The number of aromatic nitrogens is 1. The molecule has 0 saturated heterocycles. The quantitative estimate of drug-likeness (QED) is 0.767. The van der Waals surface area contributed by atoms with Crippen LogP contribution in [0.3, 0.4) is 0 Å². The van der Waals surface area contributed by atoms with Gasteiger partial charge in [-0.2, -0.15) is 0 Å². The van der Waals surface area contributed by atoms with Crippen LogP contribution in [0.15, 0.2) is 30.3 Å². The topological polar surface area (TPSA) is 71.5 Å². The van der Waals surface area contributed by atoms with Crippen LogP contribution in [0, 0.1) is 0 Å². The van der Waals surface area contributed by atoms with Crippen molar-refractivity contribution in [2.24, 2.45) is 0 Å². The average Bonchev–Trinajstić information content (AvgIpc) is 2.97. The van der Waals surface area contributed by atoms with Crippen LogP contribution in [0.4, 0.5) is 10.8 Å². The van der Waals surface area contributed by atoms with Crippen molar-refractivity contribution in [3.8, 4) is 5.75 Å². The molecule has 2 heterocycles. The highest BCUT2D eigenvalue weighted by atomic mass is 32.1. The first kappa shape index (κ1) is 12.9. The van der Waals surface area contributed by atoms with Crippen LogP contribution in [0.2, 0.25) is 0 Å². The first-order chi connectivity index (χ1) is 9.67. The molecule has 0 fully saturated rings. The number of benzene rings is 1. The summed E-state index contributed by atoms with van der Waals surface area (Å²) in [5.41, 5.74) is 0.829. The Hall–Kier alpha value is -2.12. The van der Waals surface area contributed by atoms with Crippen molar-refractivity contribution in [2.45, 2.75) is 0 Å². The number of rotatable bonds is 4. The lowest BCUT2D eigenvalue weighted by atomic mass is 10.3. The molecule has 20 heavy (non-hydrogen) atoms. The van der Waals surface area contributed by atoms with Gasteiger partial charge in [-0.1, -0.05) is 23.5 Å². The van der Waals surface area contributed by atoms with E-state index in [0.29, 0.717) is 10.0 Å². The third-order valence-electron chi connectivity index (χ3n) is 2.65. The zero-order chi connectivity index (χ0) is 14.1. The van der Waals surface area contributed by atoms with Gasteiger partial charge in [0.25, 0.3) is 0 Å². The van der Waals surface area contributed by atoms with Gasteiger partial charge in [0.15, 0.2) is 5.13 Å². The van der Waals surface area contributed by atoms with E-state index in [2.05, 4.69) is 10.3 Å². The molecule has 5 nitrogen and oxygen atoms in total. The third kappa shape index (κ3) is 2.33. The van der Waals surface area contributed by atoms with E-state index < -0.39 is 5.97 Å². The number of hydrogen-bond donors (Lipinski definition) is 2. The molecule has 0 radical (unpaired) electrons. The van der Waals surface area contributed by atoms with Gasteiger partial charge in [0.2, 0.25) is 0 Å². The van der Waals surface area contributed by atoms with Gasteiger partial charge in [-0.25, -0.2) is 9.78 Å². The van der Waals surface area contributed by atoms with Crippen molar-refractivity contribution in [3.05, 3.63) is 35.2 Å². The summed E-state index contributed by atoms with van der Waals surface area (Å²) in [6.07, 6.45) is 0. The van der Waals surface area contributed by atoms with Gasteiger partial charge < -0.3 is 15.2 Å². The van der Waals surface area contributed by atoms with Crippen LogP contribution in [0.1, 0.15) is 9.67 Å². The molecule has 2 aromatic heterocycles. The van der Waals surface area contributed by atoms with Crippen molar-refractivity contribution < 1.29 is 14.6 Å². The second-order valence-corrected chi connectivity index (χ2v) is 5.99. The van der Waals surface area contributed by atoms with Crippen molar-refractivity contribution in [2.75, 3.05) is 12.4 Å². The molecule has 0 spiro atoms. The van der Waals surface area contributed by atoms with Gasteiger partial charge in [-0.05, 0) is 18.2 Å². The fraction of sp³-hybridized carbons (Fsp3) is 0.0769. The minimum Gasteiger partial charge on any atom is -0.495 e. The zero-order valence-corrected chi connectivity index (χ0v) is 12.0. The number of aromatic carboxylic acids is 1. The van der Waals surface area contributed by atoms with Crippen molar-refractivity contribution >= 4 is 49.0 Å². The summed E-state index contributed by atoms with van der Waals surface area (Å²) in [5.74, 6) is -0.184. The predicted octanol–water partition coefficient (Wildman–Crippen LogP) is 3.81. The fourth-order valence-electron chi connectivity index (χ4n) is 1.76. The van der Waals surface area contributed by atoms with E-state index in [4.69, 9.17) is 9.84 Å². The second-order valence-electron chi connectivity index (χ2n) is 3.93.